The molecule has 31 heavy (non-hydrogen) atoms. The van der Waals surface area contributed by atoms with E-state index < -0.39 is 5.91 Å². The molecule has 2 aromatic heterocycles. The molecule has 1 aliphatic rings. The maximum absolute atomic E-state index is 12.3. The Labute approximate surface area is 187 Å². The van der Waals surface area contributed by atoms with Gasteiger partial charge in [-0.2, -0.15) is 4.98 Å². The lowest BCUT2D eigenvalue weighted by atomic mass is 10.0. The standard InChI is InChI=1S/C22H15Cl2N5O2/c23-15-7-3-13(4-8-15)17-12-18(14-5-9-16(24)10-6-14)29-22(25-17)27-21(28-29)26-20(30)19-2-1-11-31-19/h1-12,18H,(H2,25,26,27,28,30)/t18-/m0/s1. The molecule has 2 aromatic carbocycles. The van der Waals surface area contributed by atoms with Crippen LogP contribution in [0.3, 0.4) is 0 Å². The van der Waals surface area contributed by atoms with Gasteiger partial charge in [-0.25, -0.2) is 4.68 Å². The lowest BCUT2D eigenvalue weighted by molar-refractivity contribution is 0.0996. The third-order valence-corrected chi connectivity index (χ3v) is 5.31. The molecular weight excluding hydrogens is 437 g/mol. The fourth-order valence-corrected chi connectivity index (χ4v) is 3.56. The maximum Gasteiger partial charge on any atom is 0.293 e. The van der Waals surface area contributed by atoms with E-state index in [9.17, 15) is 4.79 Å². The maximum atomic E-state index is 12.3. The highest BCUT2D eigenvalue weighted by atomic mass is 35.5. The minimum Gasteiger partial charge on any atom is -0.459 e. The molecule has 0 aliphatic carbocycles. The molecule has 0 bridgehead atoms. The van der Waals surface area contributed by atoms with E-state index in [1.165, 1.54) is 6.26 Å². The molecule has 7 nitrogen and oxygen atoms in total. The second kappa shape index (κ2) is 7.94. The van der Waals surface area contributed by atoms with Crippen molar-refractivity contribution in [1.82, 2.24) is 14.8 Å². The number of hydrogen-bond donors (Lipinski definition) is 2. The number of fused-ring (bicyclic) bond motifs is 1. The number of anilines is 2. The number of hydrogen-bond acceptors (Lipinski definition) is 5. The molecule has 2 N–H and O–H groups in total. The summed E-state index contributed by atoms with van der Waals surface area (Å²) < 4.78 is 6.84. The van der Waals surface area contributed by atoms with Crippen molar-refractivity contribution < 1.29 is 9.21 Å². The Morgan fingerprint density at radius 2 is 1.74 bits per heavy atom. The Kier molecular flexibility index (Phi) is 4.97. The van der Waals surface area contributed by atoms with Crippen LogP contribution in [-0.2, 0) is 0 Å². The van der Waals surface area contributed by atoms with Crippen molar-refractivity contribution >= 4 is 46.7 Å². The summed E-state index contributed by atoms with van der Waals surface area (Å²) in [6, 6.07) is 18.0. The van der Waals surface area contributed by atoms with Gasteiger partial charge in [-0.15, -0.1) is 5.10 Å². The van der Waals surface area contributed by atoms with Crippen LogP contribution in [0.1, 0.15) is 27.7 Å². The van der Waals surface area contributed by atoms with Crippen LogP contribution in [0.15, 0.2) is 77.4 Å². The molecule has 0 fully saturated rings. The summed E-state index contributed by atoms with van der Waals surface area (Å²) in [5, 5.41) is 11.7. The molecule has 154 valence electrons. The van der Waals surface area contributed by atoms with Gasteiger partial charge in [0, 0.05) is 15.7 Å². The van der Waals surface area contributed by atoms with Gasteiger partial charge >= 0.3 is 0 Å². The first-order valence-electron chi connectivity index (χ1n) is 9.38. The number of rotatable bonds is 4. The van der Waals surface area contributed by atoms with E-state index in [0.717, 1.165) is 16.8 Å². The number of aromatic nitrogens is 3. The second-order valence-electron chi connectivity index (χ2n) is 6.84. The van der Waals surface area contributed by atoms with Crippen molar-refractivity contribution in [2.75, 3.05) is 10.6 Å². The normalized spacial score (nSPS) is 15.0. The summed E-state index contributed by atoms with van der Waals surface area (Å²) >= 11 is 12.1. The molecule has 1 aliphatic heterocycles. The van der Waals surface area contributed by atoms with Gasteiger partial charge in [0.2, 0.25) is 5.95 Å². The molecule has 5 rings (SSSR count). The molecule has 9 heteroatoms. The number of benzene rings is 2. The highest BCUT2D eigenvalue weighted by Crippen LogP contribution is 2.34. The Balaban J connectivity index is 1.53. The molecule has 0 saturated carbocycles. The Hall–Kier alpha value is -3.55. The minimum absolute atomic E-state index is 0.161. The number of halogens is 2. The first-order chi connectivity index (χ1) is 15.1. The molecule has 1 atom stereocenters. The highest BCUT2D eigenvalue weighted by molar-refractivity contribution is 6.30. The lowest BCUT2D eigenvalue weighted by Crippen LogP contribution is -2.20. The Morgan fingerprint density at radius 1 is 1.03 bits per heavy atom. The third-order valence-electron chi connectivity index (χ3n) is 4.80. The zero-order valence-electron chi connectivity index (χ0n) is 15.9. The summed E-state index contributed by atoms with van der Waals surface area (Å²) in [6.45, 7) is 0. The average Bonchev–Trinajstić information content (AvgIpc) is 3.44. The zero-order valence-corrected chi connectivity index (χ0v) is 17.4. The van der Waals surface area contributed by atoms with Gasteiger partial charge in [-0.05, 0) is 53.6 Å². The summed E-state index contributed by atoms with van der Waals surface area (Å²) in [6.07, 6.45) is 3.47. The van der Waals surface area contributed by atoms with Crippen LogP contribution in [0.4, 0.5) is 11.9 Å². The van der Waals surface area contributed by atoms with E-state index in [0.29, 0.717) is 16.0 Å². The van der Waals surface area contributed by atoms with Crippen LogP contribution in [0, 0.1) is 0 Å². The van der Waals surface area contributed by atoms with Crippen LogP contribution in [0.25, 0.3) is 5.70 Å². The quantitative estimate of drug-likeness (QED) is 0.428. The van der Waals surface area contributed by atoms with Gasteiger partial charge in [-0.1, -0.05) is 47.5 Å². The number of nitrogens with one attached hydrogen (secondary N) is 2. The monoisotopic (exact) mass is 451 g/mol. The third kappa shape index (κ3) is 3.93. The van der Waals surface area contributed by atoms with Gasteiger partial charge in [-0.3, -0.25) is 10.1 Å². The molecule has 3 heterocycles. The average molecular weight is 452 g/mol. The van der Waals surface area contributed by atoms with Crippen molar-refractivity contribution in [2.24, 2.45) is 0 Å². The van der Waals surface area contributed by atoms with E-state index in [1.807, 2.05) is 54.6 Å². The number of allylic oxidation sites excluding steroid dienone is 1. The largest absolute Gasteiger partial charge is 0.459 e. The summed E-state index contributed by atoms with van der Waals surface area (Å²) in [4.78, 5) is 16.8. The van der Waals surface area contributed by atoms with Crippen LogP contribution in [-0.4, -0.2) is 20.7 Å². The molecular formula is C22H15Cl2N5O2. The minimum atomic E-state index is -0.429. The second-order valence-corrected chi connectivity index (χ2v) is 7.72. The predicted octanol–water partition coefficient (Wildman–Crippen LogP) is 5.49. The van der Waals surface area contributed by atoms with Crippen molar-refractivity contribution in [2.45, 2.75) is 6.04 Å². The first kappa shape index (κ1) is 19.4. The van der Waals surface area contributed by atoms with Gasteiger partial charge < -0.3 is 9.73 Å². The van der Waals surface area contributed by atoms with E-state index >= 15 is 0 Å². The Bertz CT molecular complexity index is 1260. The van der Waals surface area contributed by atoms with Gasteiger partial charge in [0.15, 0.2) is 5.76 Å². The highest BCUT2D eigenvalue weighted by Gasteiger charge is 2.26. The zero-order chi connectivity index (χ0) is 21.4. The van der Waals surface area contributed by atoms with Crippen LogP contribution >= 0.6 is 23.2 Å². The van der Waals surface area contributed by atoms with Gasteiger partial charge in [0.1, 0.15) is 6.04 Å². The van der Waals surface area contributed by atoms with Crippen molar-refractivity contribution in [3.8, 4) is 0 Å². The number of nitrogens with zero attached hydrogens (tertiary/aromatic N) is 3. The lowest BCUT2D eigenvalue weighted by Gasteiger charge is -2.24. The fourth-order valence-electron chi connectivity index (χ4n) is 3.31. The van der Waals surface area contributed by atoms with Gasteiger partial charge in [0.05, 0.1) is 6.26 Å². The van der Waals surface area contributed by atoms with Gasteiger partial charge in [0.25, 0.3) is 11.9 Å². The van der Waals surface area contributed by atoms with Crippen LogP contribution in [0.5, 0.6) is 0 Å². The summed E-state index contributed by atoms with van der Waals surface area (Å²) in [7, 11) is 0. The van der Waals surface area contributed by atoms with Crippen molar-refractivity contribution in [1.29, 1.82) is 0 Å². The molecule has 4 aromatic rings. The fraction of sp³-hybridized carbons (Fsp3) is 0.0455. The number of amides is 1. The number of furan rings is 1. The predicted molar refractivity (Wildman–Crippen MR) is 119 cm³/mol. The Morgan fingerprint density at radius 3 is 2.42 bits per heavy atom. The van der Waals surface area contributed by atoms with E-state index in [4.69, 9.17) is 27.6 Å². The summed E-state index contributed by atoms with van der Waals surface area (Å²) in [5.74, 6) is 0.396. The summed E-state index contributed by atoms with van der Waals surface area (Å²) in [5.41, 5.74) is 2.76. The smallest absolute Gasteiger partial charge is 0.293 e. The van der Waals surface area contributed by atoms with Crippen molar-refractivity contribution in [3.05, 3.63) is 99.9 Å². The molecule has 0 spiro atoms. The van der Waals surface area contributed by atoms with Crippen LogP contribution in [0.2, 0.25) is 10.0 Å². The molecule has 0 saturated heterocycles. The van der Waals surface area contributed by atoms with E-state index in [1.54, 1.807) is 16.8 Å². The van der Waals surface area contributed by atoms with Crippen LogP contribution < -0.4 is 10.6 Å². The number of carbonyl (C=O) groups excluding carboxylic acids is 1. The molecule has 0 radical (unpaired) electrons. The van der Waals surface area contributed by atoms with E-state index in [-0.39, 0.29) is 17.8 Å². The molecule has 1 amide bonds. The van der Waals surface area contributed by atoms with E-state index in [2.05, 4.69) is 20.7 Å². The number of carbonyl (C=O) groups is 1. The van der Waals surface area contributed by atoms with Crippen molar-refractivity contribution in [3.63, 3.8) is 0 Å². The molecule has 0 unspecified atom stereocenters. The topological polar surface area (TPSA) is 85.0 Å². The first-order valence-corrected chi connectivity index (χ1v) is 10.1. The SMILES string of the molecule is O=C(Nc1nc2n(n1)[C@H](c1ccc(Cl)cc1)C=C(c1ccc(Cl)cc1)N2)c1ccco1.